The molecule has 0 amide bonds. The summed E-state index contributed by atoms with van der Waals surface area (Å²) in [4.78, 5) is 13.3. The average molecular weight is 574 g/mol. The minimum absolute atomic E-state index is 0.127. The molecule has 3 aromatic rings. The Bertz CT molecular complexity index is 1570. The molecule has 0 atom stereocenters. The van der Waals surface area contributed by atoms with Gasteiger partial charge in [-0.1, -0.05) is 17.7 Å². The van der Waals surface area contributed by atoms with Crippen molar-refractivity contribution in [2.75, 3.05) is 37.9 Å². The zero-order chi connectivity index (χ0) is 27.5. The molecule has 2 saturated carbocycles. The van der Waals surface area contributed by atoms with Crippen LogP contribution in [0.4, 0.5) is 5.82 Å². The predicted octanol–water partition coefficient (Wildman–Crippen LogP) is 2.47. The average Bonchev–Trinajstić information content (AvgIpc) is 3.26. The molecule has 0 spiro atoms. The Hall–Kier alpha value is -2.54. The van der Waals surface area contributed by atoms with Gasteiger partial charge < -0.3 is 9.64 Å². The topological polar surface area (TPSA) is 115 Å². The molecule has 0 unspecified atom stereocenters. The molecule has 0 radical (unpaired) electrons. The van der Waals surface area contributed by atoms with Gasteiger partial charge in [-0.2, -0.15) is 0 Å². The molecular weight excluding hydrogens is 538 g/mol. The number of likely N-dealkylation sites (tertiary alicyclic amines) is 1. The minimum Gasteiger partial charge on any atom is -0.381 e. The van der Waals surface area contributed by atoms with Gasteiger partial charge in [0.15, 0.2) is 15.5 Å². The quantitative estimate of drug-likeness (QED) is 0.381. The van der Waals surface area contributed by atoms with Gasteiger partial charge in [-0.15, -0.1) is 0 Å². The summed E-state index contributed by atoms with van der Waals surface area (Å²) in [7, 11) is -3.28. The van der Waals surface area contributed by atoms with Crippen molar-refractivity contribution in [2.45, 2.75) is 60.9 Å². The van der Waals surface area contributed by atoms with Crippen LogP contribution >= 0.6 is 0 Å². The second-order valence-electron chi connectivity index (χ2n) is 11.4. The van der Waals surface area contributed by atoms with Crippen molar-refractivity contribution in [1.29, 1.82) is 0 Å². The molecule has 1 aromatic carbocycles. The van der Waals surface area contributed by atoms with Crippen LogP contribution in [0.25, 0.3) is 11.0 Å². The van der Waals surface area contributed by atoms with E-state index < -0.39 is 19.9 Å². The van der Waals surface area contributed by atoms with Gasteiger partial charge in [0, 0.05) is 45.5 Å². The van der Waals surface area contributed by atoms with E-state index in [0.29, 0.717) is 42.1 Å². The number of hydrogen-bond acceptors (Lipinski definition) is 9. The fraction of sp³-hybridized carbons (Fsp3) is 0.556. The van der Waals surface area contributed by atoms with Crippen molar-refractivity contribution in [3.05, 3.63) is 48.4 Å². The van der Waals surface area contributed by atoms with E-state index in [1.54, 1.807) is 37.4 Å². The Morgan fingerprint density at radius 2 is 1.69 bits per heavy atom. The van der Waals surface area contributed by atoms with Crippen molar-refractivity contribution in [3.8, 4) is 0 Å². The molecule has 210 valence electrons. The highest BCUT2D eigenvalue weighted by Crippen LogP contribution is 2.38. The third kappa shape index (κ3) is 4.75. The van der Waals surface area contributed by atoms with Crippen LogP contribution in [-0.2, 0) is 24.6 Å². The highest BCUT2D eigenvalue weighted by molar-refractivity contribution is 7.92. The number of aryl methyl sites for hydroxylation is 1. The van der Waals surface area contributed by atoms with E-state index in [4.69, 9.17) is 4.74 Å². The van der Waals surface area contributed by atoms with Gasteiger partial charge in [0.05, 0.1) is 27.4 Å². The highest BCUT2D eigenvalue weighted by Gasteiger charge is 2.46. The first kappa shape index (κ1) is 26.7. The van der Waals surface area contributed by atoms with Crippen molar-refractivity contribution in [2.24, 2.45) is 5.92 Å². The lowest BCUT2D eigenvalue weighted by Gasteiger charge is -2.50. The third-order valence-corrected chi connectivity index (χ3v) is 12.8. The van der Waals surface area contributed by atoms with Crippen LogP contribution in [0.3, 0.4) is 0 Å². The summed E-state index contributed by atoms with van der Waals surface area (Å²) >= 11 is 0. The SMILES string of the molecule is COC1CC(N2CC(S(=O)(=O)C[C@H]3C[C@H](N(C)c4ncnc5c4ccn5S(=O)(=O)c4ccc(C)cc4)C3)C2)C1. The molecule has 0 N–H and O–H groups in total. The van der Waals surface area contributed by atoms with Crippen LogP contribution < -0.4 is 4.90 Å². The largest absolute Gasteiger partial charge is 0.381 e. The normalized spacial score (nSPS) is 26.1. The predicted molar refractivity (Wildman–Crippen MR) is 149 cm³/mol. The first-order valence-corrected chi connectivity index (χ1v) is 16.6. The van der Waals surface area contributed by atoms with Gasteiger partial charge in [0.25, 0.3) is 10.0 Å². The van der Waals surface area contributed by atoms with E-state index in [2.05, 4.69) is 14.9 Å². The van der Waals surface area contributed by atoms with Gasteiger partial charge in [-0.3, -0.25) is 4.90 Å². The number of nitrogens with zero attached hydrogens (tertiary/aromatic N) is 5. The van der Waals surface area contributed by atoms with Gasteiger partial charge in [0.2, 0.25) is 0 Å². The highest BCUT2D eigenvalue weighted by atomic mass is 32.2. The second-order valence-corrected chi connectivity index (χ2v) is 15.5. The number of methoxy groups -OCH3 is 1. The number of benzene rings is 1. The monoisotopic (exact) mass is 573 g/mol. The van der Waals surface area contributed by atoms with Crippen LogP contribution in [0.1, 0.15) is 31.2 Å². The Kier molecular flexibility index (Phi) is 6.72. The third-order valence-electron chi connectivity index (χ3n) is 8.87. The first-order valence-electron chi connectivity index (χ1n) is 13.4. The van der Waals surface area contributed by atoms with E-state index >= 15 is 0 Å². The van der Waals surface area contributed by atoms with Crippen molar-refractivity contribution in [3.63, 3.8) is 0 Å². The van der Waals surface area contributed by atoms with Gasteiger partial charge in [0.1, 0.15) is 12.1 Å². The summed E-state index contributed by atoms with van der Waals surface area (Å²) in [5.74, 6) is 1.00. The van der Waals surface area contributed by atoms with Gasteiger partial charge >= 0.3 is 0 Å². The lowest BCUT2D eigenvalue weighted by Crippen LogP contribution is -2.63. The number of sulfone groups is 1. The number of ether oxygens (including phenoxy) is 1. The summed E-state index contributed by atoms with van der Waals surface area (Å²) in [6, 6.07) is 9.07. The zero-order valence-corrected chi connectivity index (χ0v) is 24.1. The van der Waals surface area contributed by atoms with Crippen molar-refractivity contribution >= 4 is 36.7 Å². The molecule has 10 nitrogen and oxygen atoms in total. The maximum absolute atomic E-state index is 13.3. The van der Waals surface area contributed by atoms with Crippen LogP contribution in [0.15, 0.2) is 47.8 Å². The molecule has 12 heteroatoms. The number of aromatic nitrogens is 3. The van der Waals surface area contributed by atoms with E-state index in [9.17, 15) is 16.8 Å². The molecule has 0 bridgehead atoms. The second kappa shape index (κ2) is 9.83. The molecule has 6 rings (SSSR count). The number of fused-ring (bicyclic) bond motifs is 1. The van der Waals surface area contributed by atoms with Gasteiger partial charge in [-0.05, 0) is 56.7 Å². The number of rotatable bonds is 9. The lowest BCUT2D eigenvalue weighted by molar-refractivity contribution is -0.0445. The van der Waals surface area contributed by atoms with E-state index in [1.165, 1.54) is 16.5 Å². The summed E-state index contributed by atoms with van der Waals surface area (Å²) in [6.07, 6.45) is 6.74. The molecule has 3 fully saturated rings. The minimum atomic E-state index is -3.81. The molecule has 2 aliphatic carbocycles. The standard InChI is InChI=1S/C27H35N5O5S2/c1-18-4-6-23(7-5-18)39(35,36)32-9-8-25-26(28-17-29-27(25)32)30(2)20-10-19(11-20)16-38(33,34)24-14-31(15-24)21-12-22(13-21)37-3/h4-9,17,19-22,24H,10-16H2,1-3H3/t19-,20-,21?,22?. The molecule has 1 aliphatic heterocycles. The zero-order valence-electron chi connectivity index (χ0n) is 22.5. The van der Waals surface area contributed by atoms with Crippen molar-refractivity contribution < 1.29 is 21.6 Å². The fourth-order valence-electron chi connectivity index (χ4n) is 6.03. The number of anilines is 1. The Labute approximate surface area is 230 Å². The summed E-state index contributed by atoms with van der Waals surface area (Å²) in [5.41, 5.74) is 1.30. The fourth-order valence-corrected chi connectivity index (χ4v) is 9.37. The Morgan fingerprint density at radius 1 is 1.00 bits per heavy atom. The number of hydrogen-bond donors (Lipinski definition) is 0. The maximum Gasteiger partial charge on any atom is 0.269 e. The molecule has 39 heavy (non-hydrogen) atoms. The van der Waals surface area contributed by atoms with E-state index in [1.807, 2.05) is 18.9 Å². The van der Waals surface area contributed by atoms with Crippen molar-refractivity contribution in [1.82, 2.24) is 18.8 Å². The van der Waals surface area contributed by atoms with Gasteiger partial charge in [-0.25, -0.2) is 30.8 Å². The van der Waals surface area contributed by atoms with E-state index in [0.717, 1.165) is 31.2 Å². The molecule has 3 aliphatic rings. The maximum atomic E-state index is 13.3. The van der Waals surface area contributed by atoms with Crippen LogP contribution in [0, 0.1) is 12.8 Å². The van der Waals surface area contributed by atoms with Crippen LogP contribution in [-0.4, -0.2) is 92.1 Å². The summed E-state index contributed by atoms with van der Waals surface area (Å²) in [6.45, 7) is 3.19. The molecule has 2 aromatic heterocycles. The molecule has 3 heterocycles. The summed E-state index contributed by atoms with van der Waals surface area (Å²) in [5, 5.41) is 0.389. The lowest BCUT2D eigenvalue weighted by atomic mass is 9.81. The molecule has 1 saturated heterocycles. The Balaban J connectivity index is 1.09. The van der Waals surface area contributed by atoms with E-state index in [-0.39, 0.29) is 27.9 Å². The summed E-state index contributed by atoms with van der Waals surface area (Å²) < 4.78 is 59.2. The van der Waals surface area contributed by atoms with Crippen LogP contribution in [0.5, 0.6) is 0 Å². The van der Waals surface area contributed by atoms with Crippen LogP contribution in [0.2, 0.25) is 0 Å². The first-order chi connectivity index (χ1) is 18.6. The smallest absolute Gasteiger partial charge is 0.269 e. The molecular formula is C27H35N5O5S2. The Morgan fingerprint density at radius 3 is 2.36 bits per heavy atom.